The zero-order valence-corrected chi connectivity index (χ0v) is 10.5. The van der Waals surface area contributed by atoms with Crippen LogP contribution in [0.25, 0.3) is 0 Å². The zero-order chi connectivity index (χ0) is 12.0. The molecule has 1 rings (SSSR count). The second kappa shape index (κ2) is 6.51. The lowest BCUT2D eigenvalue weighted by atomic mass is 9.96. The minimum Gasteiger partial charge on any atom is -0.379 e. The van der Waals surface area contributed by atoms with Gasteiger partial charge in [-0.05, 0) is 26.7 Å². The smallest absolute Gasteiger partial charge is 0.0975 e. The van der Waals surface area contributed by atoms with Crippen molar-refractivity contribution in [3.05, 3.63) is 0 Å². The molecule has 0 aliphatic carbocycles. The summed E-state index contributed by atoms with van der Waals surface area (Å²) in [4.78, 5) is 0. The number of nitrogens with two attached hydrogens (primary N) is 1. The monoisotopic (exact) mass is 232 g/mol. The molecule has 5 nitrogen and oxygen atoms in total. The summed E-state index contributed by atoms with van der Waals surface area (Å²) in [6.07, 6.45) is 1.88. The Labute approximate surface area is 97.6 Å². The highest BCUT2D eigenvalue weighted by Gasteiger charge is 2.26. The van der Waals surface area contributed by atoms with Crippen LogP contribution in [-0.4, -0.2) is 44.7 Å². The summed E-state index contributed by atoms with van der Waals surface area (Å²) in [5, 5.41) is 0. The van der Waals surface area contributed by atoms with E-state index in [0.717, 1.165) is 12.8 Å². The molecule has 1 saturated heterocycles. The van der Waals surface area contributed by atoms with Crippen molar-refractivity contribution in [1.29, 1.82) is 0 Å². The maximum Gasteiger partial charge on any atom is 0.0975 e. The average molecular weight is 232 g/mol. The molecular formula is C11H24N2O3. The number of ether oxygens (including phenoxy) is 3. The van der Waals surface area contributed by atoms with Crippen LogP contribution >= 0.6 is 0 Å². The van der Waals surface area contributed by atoms with Gasteiger partial charge in [-0.3, -0.25) is 11.3 Å². The van der Waals surface area contributed by atoms with E-state index in [1.54, 1.807) is 7.11 Å². The molecule has 0 saturated carbocycles. The Balaban J connectivity index is 2.36. The molecule has 2 atom stereocenters. The summed E-state index contributed by atoms with van der Waals surface area (Å²) in [7, 11) is 1.73. The fourth-order valence-corrected chi connectivity index (χ4v) is 1.72. The highest BCUT2D eigenvalue weighted by Crippen LogP contribution is 2.19. The Morgan fingerprint density at radius 3 is 2.75 bits per heavy atom. The molecule has 0 aromatic heterocycles. The molecule has 3 N–H and O–H groups in total. The summed E-state index contributed by atoms with van der Waals surface area (Å²) < 4.78 is 16.4. The number of methoxy groups -OCH3 is 1. The first-order chi connectivity index (χ1) is 7.59. The van der Waals surface area contributed by atoms with Gasteiger partial charge >= 0.3 is 0 Å². The average Bonchev–Trinajstić information content (AvgIpc) is 2.31. The van der Waals surface area contributed by atoms with Crippen LogP contribution in [0.5, 0.6) is 0 Å². The molecule has 1 aliphatic heterocycles. The van der Waals surface area contributed by atoms with Crippen LogP contribution in [0.4, 0.5) is 0 Å². The molecule has 2 unspecified atom stereocenters. The Kier molecular flexibility index (Phi) is 5.64. The van der Waals surface area contributed by atoms with Crippen molar-refractivity contribution in [2.75, 3.05) is 26.9 Å². The maximum atomic E-state index is 5.62. The highest BCUT2D eigenvalue weighted by molar-refractivity contribution is 4.80. The van der Waals surface area contributed by atoms with Crippen LogP contribution in [0, 0.1) is 0 Å². The van der Waals surface area contributed by atoms with Crippen molar-refractivity contribution in [3.63, 3.8) is 0 Å². The van der Waals surface area contributed by atoms with Crippen molar-refractivity contribution >= 4 is 0 Å². The van der Waals surface area contributed by atoms with Gasteiger partial charge < -0.3 is 14.2 Å². The van der Waals surface area contributed by atoms with E-state index < -0.39 is 0 Å². The van der Waals surface area contributed by atoms with Gasteiger partial charge in [0.2, 0.25) is 0 Å². The van der Waals surface area contributed by atoms with Crippen molar-refractivity contribution in [3.8, 4) is 0 Å². The van der Waals surface area contributed by atoms with E-state index in [0.29, 0.717) is 19.8 Å². The molecule has 1 fully saturated rings. The van der Waals surface area contributed by atoms with Crippen molar-refractivity contribution in [2.24, 2.45) is 5.84 Å². The van der Waals surface area contributed by atoms with Crippen LogP contribution in [0.2, 0.25) is 0 Å². The van der Waals surface area contributed by atoms with Crippen LogP contribution in [0.15, 0.2) is 0 Å². The molecule has 0 amide bonds. The molecule has 1 heterocycles. The van der Waals surface area contributed by atoms with Crippen molar-refractivity contribution in [2.45, 2.75) is 44.4 Å². The zero-order valence-electron chi connectivity index (χ0n) is 10.5. The van der Waals surface area contributed by atoms with Gasteiger partial charge in [-0.1, -0.05) is 0 Å². The normalized spacial score (nSPS) is 24.4. The second-order valence-corrected chi connectivity index (χ2v) is 4.76. The highest BCUT2D eigenvalue weighted by atomic mass is 16.6. The fraction of sp³-hybridized carbons (Fsp3) is 1.00. The van der Waals surface area contributed by atoms with Gasteiger partial charge in [-0.2, -0.15) is 0 Å². The van der Waals surface area contributed by atoms with E-state index in [1.807, 2.05) is 0 Å². The van der Waals surface area contributed by atoms with E-state index in [4.69, 9.17) is 20.1 Å². The first-order valence-electron chi connectivity index (χ1n) is 5.79. The quantitative estimate of drug-likeness (QED) is 0.514. The van der Waals surface area contributed by atoms with E-state index in [9.17, 15) is 0 Å². The van der Waals surface area contributed by atoms with Gasteiger partial charge in [0, 0.05) is 13.2 Å². The standard InChI is InChI=1S/C11H24N2O3/c1-11(2,14-3)5-4-9(13-12)10-8-15-6-7-16-10/h9-10,13H,4-8,12H2,1-3H3. The van der Waals surface area contributed by atoms with Crippen molar-refractivity contribution in [1.82, 2.24) is 5.43 Å². The number of hydrogen-bond donors (Lipinski definition) is 2. The summed E-state index contributed by atoms with van der Waals surface area (Å²) in [5.41, 5.74) is 2.69. The van der Waals surface area contributed by atoms with Gasteiger partial charge in [0.15, 0.2) is 0 Å². The molecule has 0 aromatic rings. The topological polar surface area (TPSA) is 65.7 Å². The Morgan fingerprint density at radius 1 is 1.50 bits per heavy atom. The van der Waals surface area contributed by atoms with E-state index >= 15 is 0 Å². The van der Waals surface area contributed by atoms with Crippen LogP contribution in [-0.2, 0) is 14.2 Å². The largest absolute Gasteiger partial charge is 0.379 e. The van der Waals surface area contributed by atoms with Gasteiger partial charge in [0.1, 0.15) is 0 Å². The first kappa shape index (κ1) is 13.9. The lowest BCUT2D eigenvalue weighted by Gasteiger charge is -2.32. The van der Waals surface area contributed by atoms with Gasteiger partial charge in [0.05, 0.1) is 31.5 Å². The maximum absolute atomic E-state index is 5.62. The first-order valence-corrected chi connectivity index (χ1v) is 5.79. The summed E-state index contributed by atoms with van der Waals surface area (Å²) >= 11 is 0. The van der Waals surface area contributed by atoms with E-state index in [-0.39, 0.29) is 17.7 Å². The lowest BCUT2D eigenvalue weighted by molar-refractivity contribution is -0.105. The Hall–Kier alpha value is -0.200. The van der Waals surface area contributed by atoms with E-state index in [1.165, 1.54) is 0 Å². The molecule has 16 heavy (non-hydrogen) atoms. The molecule has 5 heteroatoms. The predicted octanol–water partition coefficient (Wildman–Crippen LogP) is 0.439. The third-order valence-electron chi connectivity index (χ3n) is 3.11. The minimum absolute atomic E-state index is 0.0476. The molecule has 0 spiro atoms. The van der Waals surface area contributed by atoms with Crippen LogP contribution in [0.3, 0.4) is 0 Å². The van der Waals surface area contributed by atoms with Gasteiger partial charge in [0.25, 0.3) is 0 Å². The summed E-state index contributed by atoms with van der Waals surface area (Å²) in [6.45, 7) is 6.08. The molecule has 1 aliphatic rings. The Bertz CT molecular complexity index is 194. The molecule has 96 valence electrons. The number of rotatable bonds is 6. The Morgan fingerprint density at radius 2 is 2.25 bits per heavy atom. The molecule has 0 radical (unpaired) electrons. The third-order valence-corrected chi connectivity index (χ3v) is 3.11. The van der Waals surface area contributed by atoms with Crippen LogP contribution < -0.4 is 11.3 Å². The number of hydrazine groups is 1. The lowest BCUT2D eigenvalue weighted by Crippen LogP contribution is -2.50. The van der Waals surface area contributed by atoms with Gasteiger partial charge in [-0.15, -0.1) is 0 Å². The van der Waals surface area contributed by atoms with E-state index in [2.05, 4.69) is 19.3 Å². The summed E-state index contributed by atoms with van der Waals surface area (Å²) in [6, 6.07) is 0.120. The summed E-state index contributed by atoms with van der Waals surface area (Å²) in [5.74, 6) is 5.55. The molecular weight excluding hydrogens is 208 g/mol. The molecule has 0 bridgehead atoms. The minimum atomic E-state index is -0.120. The third kappa shape index (κ3) is 4.35. The molecule has 0 aromatic carbocycles. The fourth-order valence-electron chi connectivity index (χ4n) is 1.72. The number of hydrogen-bond acceptors (Lipinski definition) is 5. The van der Waals surface area contributed by atoms with Crippen LogP contribution in [0.1, 0.15) is 26.7 Å². The SMILES string of the molecule is COC(C)(C)CCC(NN)C1COCCO1. The second-order valence-electron chi connectivity index (χ2n) is 4.76. The van der Waals surface area contributed by atoms with Crippen molar-refractivity contribution < 1.29 is 14.2 Å². The number of nitrogens with one attached hydrogen (secondary N) is 1. The predicted molar refractivity (Wildman–Crippen MR) is 62.0 cm³/mol. The van der Waals surface area contributed by atoms with Gasteiger partial charge in [-0.25, -0.2) is 0 Å².